The van der Waals surface area contributed by atoms with E-state index in [-0.39, 0.29) is 12.1 Å². The van der Waals surface area contributed by atoms with Crippen LogP contribution in [0.5, 0.6) is 0 Å². The summed E-state index contributed by atoms with van der Waals surface area (Å²) < 4.78 is 15.4. The van der Waals surface area contributed by atoms with Crippen LogP contribution in [0.25, 0.3) is 0 Å². The molecule has 0 aliphatic carbocycles. The Morgan fingerprint density at radius 1 is 1.50 bits per heavy atom. The lowest BCUT2D eigenvalue weighted by Crippen LogP contribution is -2.19. The Bertz CT molecular complexity index is 612. The molecular formula is C13H15FN4O2. The molecule has 0 aliphatic rings. The van der Waals surface area contributed by atoms with Gasteiger partial charge in [-0.3, -0.25) is 0 Å². The number of hydrogen-bond donors (Lipinski definition) is 2. The van der Waals surface area contributed by atoms with Gasteiger partial charge in [0, 0.05) is 32.1 Å². The highest BCUT2D eigenvalue weighted by Crippen LogP contribution is 2.10. The summed E-state index contributed by atoms with van der Waals surface area (Å²) in [5.74, 6) is -0.649. The molecule has 0 aliphatic heterocycles. The van der Waals surface area contributed by atoms with Gasteiger partial charge in [-0.15, -0.1) is 10.2 Å². The van der Waals surface area contributed by atoms with Crippen LogP contribution in [-0.4, -0.2) is 32.4 Å². The molecule has 0 bridgehead atoms. The number of aryl methyl sites for hydroxylation is 1. The van der Waals surface area contributed by atoms with Crippen LogP contribution in [-0.2, 0) is 20.0 Å². The van der Waals surface area contributed by atoms with Gasteiger partial charge in [0.1, 0.15) is 18.0 Å². The number of aromatic nitrogens is 3. The molecule has 20 heavy (non-hydrogen) atoms. The standard InChI is InChI=1S/C13H15FN4O2/c1-18-8-16-17-12(18)4-5-15-7-10-6-9(13(19)20)2-3-11(10)14/h2-3,6,8,15H,4-5,7H2,1H3,(H,19,20). The lowest BCUT2D eigenvalue weighted by atomic mass is 10.1. The van der Waals surface area contributed by atoms with Crippen molar-refractivity contribution < 1.29 is 14.3 Å². The summed E-state index contributed by atoms with van der Waals surface area (Å²) in [6, 6.07) is 3.76. The minimum absolute atomic E-state index is 0.0801. The second-order valence-electron chi connectivity index (χ2n) is 4.40. The van der Waals surface area contributed by atoms with E-state index in [1.807, 2.05) is 11.6 Å². The van der Waals surface area contributed by atoms with Crippen molar-refractivity contribution in [3.8, 4) is 0 Å². The molecule has 1 heterocycles. The molecule has 6 nitrogen and oxygen atoms in total. The summed E-state index contributed by atoms with van der Waals surface area (Å²) in [4.78, 5) is 10.8. The zero-order chi connectivity index (χ0) is 14.5. The van der Waals surface area contributed by atoms with Crippen molar-refractivity contribution >= 4 is 5.97 Å². The van der Waals surface area contributed by atoms with Gasteiger partial charge in [-0.1, -0.05) is 0 Å². The van der Waals surface area contributed by atoms with Gasteiger partial charge in [-0.05, 0) is 18.2 Å². The number of nitrogens with one attached hydrogen (secondary N) is 1. The van der Waals surface area contributed by atoms with Crippen LogP contribution in [0, 0.1) is 5.82 Å². The maximum absolute atomic E-state index is 13.5. The topological polar surface area (TPSA) is 80.0 Å². The zero-order valence-electron chi connectivity index (χ0n) is 11.0. The number of nitrogens with zero attached hydrogens (tertiary/aromatic N) is 3. The second kappa shape index (κ2) is 6.25. The van der Waals surface area contributed by atoms with E-state index < -0.39 is 11.8 Å². The molecule has 0 amide bonds. The maximum atomic E-state index is 13.5. The van der Waals surface area contributed by atoms with Gasteiger partial charge >= 0.3 is 5.97 Å². The van der Waals surface area contributed by atoms with E-state index >= 15 is 0 Å². The summed E-state index contributed by atoms with van der Waals surface area (Å²) in [6.45, 7) is 0.869. The first kappa shape index (κ1) is 14.1. The highest BCUT2D eigenvalue weighted by molar-refractivity contribution is 5.87. The van der Waals surface area contributed by atoms with Crippen molar-refractivity contribution in [1.29, 1.82) is 0 Å². The van der Waals surface area contributed by atoms with E-state index in [2.05, 4.69) is 15.5 Å². The van der Waals surface area contributed by atoms with Crippen molar-refractivity contribution in [2.75, 3.05) is 6.54 Å². The minimum atomic E-state index is -1.06. The number of carboxylic acid groups (broad SMARTS) is 1. The molecule has 1 aromatic carbocycles. The summed E-state index contributed by atoms with van der Waals surface area (Å²) in [7, 11) is 1.85. The number of carboxylic acids is 1. The van der Waals surface area contributed by atoms with E-state index in [9.17, 15) is 9.18 Å². The normalized spacial score (nSPS) is 10.7. The molecular weight excluding hydrogens is 263 g/mol. The van der Waals surface area contributed by atoms with Gasteiger partial charge in [0.15, 0.2) is 0 Å². The lowest BCUT2D eigenvalue weighted by molar-refractivity contribution is 0.0696. The predicted octanol–water partition coefficient (Wildman–Crippen LogP) is 0.985. The van der Waals surface area contributed by atoms with Crippen LogP contribution in [0.1, 0.15) is 21.7 Å². The Labute approximate surface area is 115 Å². The van der Waals surface area contributed by atoms with Crippen molar-refractivity contribution in [3.63, 3.8) is 0 Å². The van der Waals surface area contributed by atoms with Crippen molar-refractivity contribution in [2.45, 2.75) is 13.0 Å². The quantitative estimate of drug-likeness (QED) is 0.770. The second-order valence-corrected chi connectivity index (χ2v) is 4.40. The van der Waals surface area contributed by atoms with Crippen LogP contribution in [0.4, 0.5) is 4.39 Å². The molecule has 0 radical (unpaired) electrons. The lowest BCUT2D eigenvalue weighted by Gasteiger charge is -2.07. The molecule has 2 N–H and O–H groups in total. The number of rotatable bonds is 6. The van der Waals surface area contributed by atoms with Crippen molar-refractivity contribution in [3.05, 3.63) is 47.3 Å². The molecule has 0 saturated carbocycles. The van der Waals surface area contributed by atoms with Gasteiger partial charge in [-0.2, -0.15) is 0 Å². The van der Waals surface area contributed by atoms with Gasteiger partial charge in [0.2, 0.25) is 0 Å². The number of halogens is 1. The monoisotopic (exact) mass is 278 g/mol. The van der Waals surface area contributed by atoms with E-state index in [4.69, 9.17) is 5.11 Å². The molecule has 2 rings (SSSR count). The first-order chi connectivity index (χ1) is 9.58. The highest BCUT2D eigenvalue weighted by atomic mass is 19.1. The summed E-state index contributed by atoms with van der Waals surface area (Å²) in [5.41, 5.74) is 0.416. The number of aromatic carboxylic acids is 1. The van der Waals surface area contributed by atoms with Crippen LogP contribution < -0.4 is 5.32 Å². The fourth-order valence-electron chi connectivity index (χ4n) is 1.80. The third-order valence-corrected chi connectivity index (χ3v) is 2.94. The average Bonchev–Trinajstić information content (AvgIpc) is 2.82. The average molecular weight is 278 g/mol. The zero-order valence-corrected chi connectivity index (χ0v) is 11.0. The Morgan fingerprint density at radius 2 is 2.30 bits per heavy atom. The largest absolute Gasteiger partial charge is 0.478 e. The van der Waals surface area contributed by atoms with Crippen LogP contribution in [0.2, 0.25) is 0 Å². The fraction of sp³-hybridized carbons (Fsp3) is 0.308. The fourth-order valence-corrected chi connectivity index (χ4v) is 1.80. The molecule has 2 aromatic rings. The van der Waals surface area contributed by atoms with Gasteiger partial charge < -0.3 is 15.0 Å². The number of carbonyl (C=O) groups is 1. The molecule has 7 heteroatoms. The molecule has 0 atom stereocenters. The van der Waals surface area contributed by atoms with Gasteiger partial charge in [-0.25, -0.2) is 9.18 Å². The molecule has 1 aromatic heterocycles. The molecule has 0 saturated heterocycles. The summed E-state index contributed by atoms with van der Waals surface area (Å²) >= 11 is 0. The smallest absolute Gasteiger partial charge is 0.335 e. The SMILES string of the molecule is Cn1cnnc1CCNCc1cc(C(=O)O)ccc1F. The first-order valence-corrected chi connectivity index (χ1v) is 6.13. The highest BCUT2D eigenvalue weighted by Gasteiger charge is 2.08. The number of benzene rings is 1. The van der Waals surface area contributed by atoms with Crippen molar-refractivity contribution in [2.24, 2.45) is 7.05 Å². The van der Waals surface area contributed by atoms with E-state index in [1.165, 1.54) is 18.2 Å². The molecule has 106 valence electrons. The Kier molecular flexibility index (Phi) is 4.41. The number of hydrogen-bond acceptors (Lipinski definition) is 4. The van der Waals surface area contributed by atoms with Gasteiger partial charge in [0.05, 0.1) is 5.56 Å². The third-order valence-electron chi connectivity index (χ3n) is 2.94. The maximum Gasteiger partial charge on any atom is 0.335 e. The first-order valence-electron chi connectivity index (χ1n) is 6.13. The van der Waals surface area contributed by atoms with E-state index in [0.29, 0.717) is 18.5 Å². The predicted molar refractivity (Wildman–Crippen MR) is 69.8 cm³/mol. The Balaban J connectivity index is 1.89. The third kappa shape index (κ3) is 3.39. The Hall–Kier alpha value is -2.28. The molecule has 0 unspecified atom stereocenters. The van der Waals surface area contributed by atoms with E-state index in [1.54, 1.807) is 6.33 Å². The summed E-state index contributed by atoms with van der Waals surface area (Å²) in [6.07, 6.45) is 2.28. The molecule has 0 spiro atoms. The summed E-state index contributed by atoms with van der Waals surface area (Å²) in [5, 5.41) is 19.6. The van der Waals surface area contributed by atoms with Crippen molar-refractivity contribution in [1.82, 2.24) is 20.1 Å². The van der Waals surface area contributed by atoms with Crippen LogP contribution in [0.3, 0.4) is 0 Å². The minimum Gasteiger partial charge on any atom is -0.478 e. The van der Waals surface area contributed by atoms with Gasteiger partial charge in [0.25, 0.3) is 0 Å². The van der Waals surface area contributed by atoms with E-state index in [0.717, 1.165) is 5.82 Å². The van der Waals surface area contributed by atoms with Crippen LogP contribution >= 0.6 is 0 Å². The van der Waals surface area contributed by atoms with Crippen LogP contribution in [0.15, 0.2) is 24.5 Å². The molecule has 0 fully saturated rings. The Morgan fingerprint density at radius 3 is 2.95 bits per heavy atom.